The number of thioether (sulfide) groups is 1. The van der Waals surface area contributed by atoms with Crippen LogP contribution < -0.4 is 15.3 Å². The second kappa shape index (κ2) is 7.88. The minimum Gasteiger partial charge on any atom is -0.548 e. The van der Waals surface area contributed by atoms with E-state index in [1.54, 1.807) is 0 Å². The third-order valence-corrected chi connectivity index (χ3v) is 4.46. The first-order chi connectivity index (χ1) is 11.5. The zero-order valence-corrected chi connectivity index (χ0v) is 14.7. The Hall–Kier alpha value is -2.46. The molecule has 0 radical (unpaired) electrons. The van der Waals surface area contributed by atoms with Crippen molar-refractivity contribution in [2.24, 2.45) is 0 Å². The molecule has 126 valence electrons. The highest BCUT2D eigenvalue weighted by Gasteiger charge is 2.16. The highest BCUT2D eigenvalue weighted by Crippen LogP contribution is 2.34. The molecule has 2 rings (SSSR count). The Labute approximate surface area is 145 Å². The van der Waals surface area contributed by atoms with E-state index in [9.17, 15) is 15.2 Å². The van der Waals surface area contributed by atoms with Crippen LogP contribution in [-0.2, 0) is 4.79 Å². The van der Waals surface area contributed by atoms with Crippen LogP contribution in [0.25, 0.3) is 10.9 Å². The quantitative estimate of drug-likeness (QED) is 0.767. The summed E-state index contributed by atoms with van der Waals surface area (Å²) < 4.78 is 0. The van der Waals surface area contributed by atoms with E-state index < -0.39 is 5.97 Å². The lowest BCUT2D eigenvalue weighted by atomic mass is 10.1. The molecule has 0 bridgehead atoms. The highest BCUT2D eigenvalue weighted by molar-refractivity contribution is 7.98. The number of nitrogens with zero attached hydrogens (tertiary/aromatic N) is 3. The van der Waals surface area contributed by atoms with Crippen molar-refractivity contribution in [3.8, 4) is 6.07 Å². The van der Waals surface area contributed by atoms with E-state index >= 15 is 0 Å². The molecule has 0 unspecified atom stereocenters. The number of nitriles is 1. The predicted octanol–water partition coefficient (Wildman–Crippen LogP) is 1.84. The van der Waals surface area contributed by atoms with Gasteiger partial charge in [0.1, 0.15) is 16.7 Å². The van der Waals surface area contributed by atoms with Crippen LogP contribution >= 0.6 is 11.8 Å². The van der Waals surface area contributed by atoms with Crippen LogP contribution in [0, 0.1) is 11.3 Å². The molecule has 0 saturated heterocycles. The maximum absolute atomic E-state index is 10.8. The van der Waals surface area contributed by atoms with Crippen molar-refractivity contribution in [1.82, 2.24) is 4.98 Å². The summed E-state index contributed by atoms with van der Waals surface area (Å²) >= 11 is 1.36. The SMILES string of the molecule is CCN(CC)c1ccc2nc(SC)c(C#N)c(NCC(=O)[O-])c2c1. The van der Waals surface area contributed by atoms with E-state index in [1.807, 2.05) is 24.5 Å². The molecular formula is C17H19N4O2S-. The lowest BCUT2D eigenvalue weighted by Crippen LogP contribution is -2.30. The molecule has 1 aromatic heterocycles. The number of fused-ring (bicyclic) bond motifs is 1. The molecule has 0 aliphatic rings. The van der Waals surface area contributed by atoms with Gasteiger partial charge >= 0.3 is 0 Å². The number of hydrogen-bond donors (Lipinski definition) is 1. The second-order valence-corrected chi connectivity index (χ2v) is 5.88. The van der Waals surface area contributed by atoms with Crippen LogP contribution in [0.3, 0.4) is 0 Å². The number of carbonyl (C=O) groups is 1. The molecule has 24 heavy (non-hydrogen) atoms. The summed E-state index contributed by atoms with van der Waals surface area (Å²) in [7, 11) is 0. The minimum absolute atomic E-state index is 0.355. The Morgan fingerprint density at radius 3 is 2.67 bits per heavy atom. The predicted molar refractivity (Wildman–Crippen MR) is 95.3 cm³/mol. The standard InChI is InChI=1S/C17H20N4O2S/c1-4-21(5-2)11-6-7-14-12(8-11)16(19-10-15(22)23)13(9-18)17(20-14)24-3/h6-8H,4-5,10H2,1-3H3,(H,19,20)(H,22,23)/p-1. The first kappa shape index (κ1) is 17.9. The molecule has 0 amide bonds. The number of rotatable bonds is 7. The average Bonchev–Trinajstić information content (AvgIpc) is 2.59. The number of carbonyl (C=O) groups excluding carboxylic acids is 1. The molecule has 2 aromatic rings. The molecule has 0 spiro atoms. The number of aromatic nitrogens is 1. The Kier molecular flexibility index (Phi) is 5.88. The van der Waals surface area contributed by atoms with Crippen molar-refractivity contribution in [2.45, 2.75) is 18.9 Å². The highest BCUT2D eigenvalue weighted by atomic mass is 32.2. The molecule has 0 fully saturated rings. The fourth-order valence-corrected chi connectivity index (χ4v) is 3.15. The van der Waals surface area contributed by atoms with Gasteiger partial charge in [0.15, 0.2) is 0 Å². The van der Waals surface area contributed by atoms with Crippen molar-refractivity contribution in [2.75, 3.05) is 36.1 Å². The zero-order chi connectivity index (χ0) is 17.7. The van der Waals surface area contributed by atoms with Crippen LogP contribution in [-0.4, -0.2) is 36.8 Å². The number of carboxylic acid groups (broad SMARTS) is 1. The molecule has 0 saturated carbocycles. The Bertz CT molecular complexity index is 797. The van der Waals surface area contributed by atoms with Crippen LogP contribution in [0.5, 0.6) is 0 Å². The van der Waals surface area contributed by atoms with Crippen molar-refractivity contribution in [3.63, 3.8) is 0 Å². The topological polar surface area (TPSA) is 92.1 Å². The number of anilines is 2. The molecule has 0 atom stereocenters. The first-order valence-corrected chi connectivity index (χ1v) is 8.88. The van der Waals surface area contributed by atoms with E-state index in [1.165, 1.54) is 11.8 Å². The van der Waals surface area contributed by atoms with Crippen LogP contribution in [0.15, 0.2) is 23.2 Å². The summed E-state index contributed by atoms with van der Waals surface area (Å²) in [6, 6.07) is 7.96. The van der Waals surface area contributed by atoms with Gasteiger partial charge in [-0.05, 0) is 38.3 Å². The van der Waals surface area contributed by atoms with Gasteiger partial charge in [-0.15, -0.1) is 11.8 Å². The summed E-state index contributed by atoms with van der Waals surface area (Å²) in [4.78, 5) is 17.5. The normalized spacial score (nSPS) is 10.4. The maximum Gasteiger partial charge on any atom is 0.116 e. The molecular weight excluding hydrogens is 324 g/mol. The monoisotopic (exact) mass is 343 g/mol. The van der Waals surface area contributed by atoms with Gasteiger partial charge in [-0.25, -0.2) is 4.98 Å². The lowest BCUT2D eigenvalue weighted by molar-refractivity contribution is -0.302. The molecule has 1 heterocycles. The number of aliphatic carboxylic acids is 1. The molecule has 1 aromatic carbocycles. The van der Waals surface area contributed by atoms with E-state index in [-0.39, 0.29) is 6.54 Å². The van der Waals surface area contributed by atoms with Gasteiger partial charge in [-0.2, -0.15) is 5.26 Å². The smallest absolute Gasteiger partial charge is 0.116 e. The van der Waals surface area contributed by atoms with Gasteiger partial charge < -0.3 is 20.1 Å². The van der Waals surface area contributed by atoms with Gasteiger partial charge in [0, 0.05) is 24.2 Å². The maximum atomic E-state index is 10.8. The molecule has 1 N–H and O–H groups in total. The number of carboxylic acids is 1. The summed E-state index contributed by atoms with van der Waals surface area (Å²) in [5.41, 5.74) is 2.57. The fraction of sp³-hybridized carbons (Fsp3) is 0.353. The van der Waals surface area contributed by atoms with E-state index in [0.29, 0.717) is 16.3 Å². The van der Waals surface area contributed by atoms with E-state index in [0.717, 1.165) is 29.7 Å². The van der Waals surface area contributed by atoms with Gasteiger partial charge in [0.2, 0.25) is 0 Å². The van der Waals surface area contributed by atoms with Gasteiger partial charge in [0.05, 0.1) is 23.7 Å². The average molecular weight is 343 g/mol. The van der Waals surface area contributed by atoms with Crippen molar-refractivity contribution >= 4 is 40.0 Å². The summed E-state index contributed by atoms with van der Waals surface area (Å²) in [5, 5.41) is 24.5. The van der Waals surface area contributed by atoms with Crippen LogP contribution in [0.1, 0.15) is 19.4 Å². The number of nitrogens with one attached hydrogen (secondary N) is 1. The third kappa shape index (κ3) is 3.54. The first-order valence-electron chi connectivity index (χ1n) is 7.66. The molecule has 7 heteroatoms. The summed E-state index contributed by atoms with van der Waals surface area (Å²) in [6.45, 7) is 5.48. The second-order valence-electron chi connectivity index (χ2n) is 5.08. The van der Waals surface area contributed by atoms with Crippen LogP contribution in [0.2, 0.25) is 0 Å². The third-order valence-electron chi connectivity index (χ3n) is 3.78. The molecule has 0 aliphatic carbocycles. The van der Waals surface area contributed by atoms with Gasteiger partial charge in [-0.3, -0.25) is 0 Å². The Morgan fingerprint density at radius 1 is 1.42 bits per heavy atom. The summed E-state index contributed by atoms with van der Waals surface area (Å²) in [6.07, 6.45) is 1.84. The van der Waals surface area contributed by atoms with Crippen LogP contribution in [0.4, 0.5) is 11.4 Å². The van der Waals surface area contributed by atoms with Gasteiger partial charge in [0.25, 0.3) is 0 Å². The molecule has 0 aliphatic heterocycles. The van der Waals surface area contributed by atoms with Crippen molar-refractivity contribution < 1.29 is 9.90 Å². The minimum atomic E-state index is -1.23. The Morgan fingerprint density at radius 2 is 2.12 bits per heavy atom. The number of hydrogen-bond acceptors (Lipinski definition) is 7. The zero-order valence-electron chi connectivity index (χ0n) is 13.9. The molecule has 6 nitrogen and oxygen atoms in total. The van der Waals surface area contributed by atoms with E-state index in [2.05, 4.69) is 35.1 Å². The number of pyridine rings is 1. The van der Waals surface area contributed by atoms with Gasteiger partial charge in [-0.1, -0.05) is 0 Å². The fourth-order valence-electron chi connectivity index (χ4n) is 2.61. The summed E-state index contributed by atoms with van der Waals surface area (Å²) in [5.74, 6) is -1.23. The Balaban J connectivity index is 2.70. The van der Waals surface area contributed by atoms with Crippen molar-refractivity contribution in [3.05, 3.63) is 23.8 Å². The number of benzene rings is 1. The van der Waals surface area contributed by atoms with Crippen molar-refractivity contribution in [1.29, 1.82) is 5.26 Å². The lowest BCUT2D eigenvalue weighted by Gasteiger charge is -2.22. The largest absolute Gasteiger partial charge is 0.548 e. The van der Waals surface area contributed by atoms with E-state index in [4.69, 9.17) is 0 Å².